The number of Topliss-reactive ketones (excluding diaryl/α,β-unsaturated/α-hetero) is 1. The van der Waals surface area contributed by atoms with Crippen LogP contribution in [0.5, 0.6) is 0 Å². The Labute approximate surface area is 110 Å². The third kappa shape index (κ3) is 7.98. The van der Waals surface area contributed by atoms with E-state index in [9.17, 15) is 9.36 Å². The Morgan fingerprint density at radius 2 is 1.56 bits per heavy atom. The van der Waals surface area contributed by atoms with Crippen LogP contribution in [0.15, 0.2) is 0 Å². The SMILES string of the molecule is CCCCOP(=O)(OCCCC)O[C@H](C)C(C)=O. The number of rotatable bonds is 11. The summed E-state index contributed by atoms with van der Waals surface area (Å²) in [6.07, 6.45) is 2.63. The fraction of sp³-hybridized carbons (Fsp3) is 0.917. The minimum atomic E-state index is -3.61. The van der Waals surface area contributed by atoms with Crippen LogP contribution >= 0.6 is 7.82 Å². The average molecular weight is 280 g/mol. The summed E-state index contributed by atoms with van der Waals surface area (Å²) in [6, 6.07) is 0. The summed E-state index contributed by atoms with van der Waals surface area (Å²) in [7, 11) is -3.61. The van der Waals surface area contributed by atoms with Gasteiger partial charge in [-0.05, 0) is 26.7 Å². The Kier molecular flexibility index (Phi) is 9.56. The molecule has 0 aromatic heterocycles. The first kappa shape index (κ1) is 17.8. The maximum Gasteiger partial charge on any atom is 0.475 e. The number of phosphoric acid groups is 1. The molecule has 0 fully saturated rings. The molecule has 0 aliphatic heterocycles. The number of ketones is 1. The molecule has 0 rings (SSSR count). The van der Waals surface area contributed by atoms with Gasteiger partial charge in [0.25, 0.3) is 0 Å². The molecule has 1 atom stereocenters. The Hall–Kier alpha value is -0.220. The van der Waals surface area contributed by atoms with Crippen LogP contribution in [0.2, 0.25) is 0 Å². The molecule has 0 aliphatic rings. The second-order valence-corrected chi connectivity index (χ2v) is 5.80. The zero-order valence-corrected chi connectivity index (χ0v) is 12.7. The Morgan fingerprint density at radius 1 is 1.11 bits per heavy atom. The van der Waals surface area contributed by atoms with Crippen LogP contribution in [0.25, 0.3) is 0 Å². The number of carbonyl (C=O) groups is 1. The highest BCUT2D eigenvalue weighted by atomic mass is 31.2. The van der Waals surface area contributed by atoms with Crippen LogP contribution in [0.3, 0.4) is 0 Å². The van der Waals surface area contributed by atoms with E-state index < -0.39 is 13.9 Å². The van der Waals surface area contributed by atoms with Crippen molar-refractivity contribution in [1.29, 1.82) is 0 Å². The van der Waals surface area contributed by atoms with Gasteiger partial charge in [0, 0.05) is 0 Å². The molecule has 0 saturated carbocycles. The van der Waals surface area contributed by atoms with E-state index in [0.717, 1.165) is 25.7 Å². The second kappa shape index (κ2) is 9.68. The highest BCUT2D eigenvalue weighted by Crippen LogP contribution is 2.50. The first-order valence-corrected chi connectivity index (χ1v) is 7.99. The van der Waals surface area contributed by atoms with E-state index in [1.807, 2.05) is 13.8 Å². The minimum Gasteiger partial charge on any atom is -0.297 e. The smallest absolute Gasteiger partial charge is 0.297 e. The molecule has 0 saturated heterocycles. The van der Waals surface area contributed by atoms with Gasteiger partial charge in [-0.1, -0.05) is 26.7 Å². The predicted octanol–water partition coefficient (Wildman–Crippen LogP) is 3.72. The van der Waals surface area contributed by atoms with Crippen LogP contribution < -0.4 is 0 Å². The molecule has 0 amide bonds. The molecule has 108 valence electrons. The van der Waals surface area contributed by atoms with Crippen LogP contribution in [-0.2, 0) is 22.9 Å². The number of hydrogen-bond acceptors (Lipinski definition) is 5. The van der Waals surface area contributed by atoms with Crippen molar-refractivity contribution in [3.05, 3.63) is 0 Å². The number of carbonyl (C=O) groups excluding carboxylic acids is 1. The monoisotopic (exact) mass is 280 g/mol. The molecule has 0 N–H and O–H groups in total. The first-order valence-electron chi connectivity index (χ1n) is 6.53. The largest absolute Gasteiger partial charge is 0.475 e. The zero-order chi connectivity index (χ0) is 14.0. The third-order valence-corrected chi connectivity index (χ3v) is 3.93. The normalized spacial score (nSPS) is 13.6. The van der Waals surface area contributed by atoms with Gasteiger partial charge in [0.1, 0.15) is 6.10 Å². The lowest BCUT2D eigenvalue weighted by molar-refractivity contribution is -0.124. The molecule has 0 unspecified atom stereocenters. The van der Waals surface area contributed by atoms with E-state index in [1.165, 1.54) is 6.92 Å². The summed E-state index contributed by atoms with van der Waals surface area (Å²) in [5.41, 5.74) is 0. The van der Waals surface area contributed by atoms with Crippen LogP contribution in [0.4, 0.5) is 0 Å². The van der Waals surface area contributed by atoms with Gasteiger partial charge in [-0.3, -0.25) is 18.4 Å². The standard InChI is InChI=1S/C12H25O5P/c1-5-7-9-15-18(14,16-10-8-6-2)17-12(4)11(3)13/h12H,5-10H2,1-4H3/t12-/m1/s1. The van der Waals surface area contributed by atoms with Gasteiger partial charge in [0.05, 0.1) is 13.2 Å². The molecule has 0 radical (unpaired) electrons. The van der Waals surface area contributed by atoms with Crippen molar-refractivity contribution in [1.82, 2.24) is 0 Å². The van der Waals surface area contributed by atoms with E-state index in [-0.39, 0.29) is 5.78 Å². The number of unbranched alkanes of at least 4 members (excludes halogenated alkanes) is 2. The number of phosphoric ester groups is 1. The predicted molar refractivity (Wildman–Crippen MR) is 70.6 cm³/mol. The van der Waals surface area contributed by atoms with E-state index in [0.29, 0.717) is 13.2 Å². The van der Waals surface area contributed by atoms with Crippen LogP contribution in [0, 0.1) is 0 Å². The van der Waals surface area contributed by atoms with E-state index in [4.69, 9.17) is 13.6 Å². The molecular formula is C12H25O5P. The maximum absolute atomic E-state index is 12.3. The van der Waals surface area contributed by atoms with Crippen molar-refractivity contribution in [2.45, 2.75) is 59.5 Å². The van der Waals surface area contributed by atoms with Gasteiger partial charge in [0.15, 0.2) is 5.78 Å². The lowest BCUT2D eigenvalue weighted by Crippen LogP contribution is -2.18. The Morgan fingerprint density at radius 3 is 1.89 bits per heavy atom. The lowest BCUT2D eigenvalue weighted by atomic mass is 10.3. The Balaban J connectivity index is 4.38. The quantitative estimate of drug-likeness (QED) is 0.426. The lowest BCUT2D eigenvalue weighted by Gasteiger charge is -2.20. The second-order valence-electron chi connectivity index (χ2n) is 4.18. The molecular weight excluding hydrogens is 255 g/mol. The number of hydrogen-bond donors (Lipinski definition) is 0. The summed E-state index contributed by atoms with van der Waals surface area (Å²) in [4.78, 5) is 11.1. The molecule has 0 heterocycles. The van der Waals surface area contributed by atoms with Gasteiger partial charge in [-0.15, -0.1) is 0 Å². The topological polar surface area (TPSA) is 61.8 Å². The van der Waals surface area contributed by atoms with Crippen molar-refractivity contribution in [2.24, 2.45) is 0 Å². The van der Waals surface area contributed by atoms with Crippen LogP contribution in [0.1, 0.15) is 53.4 Å². The molecule has 0 aliphatic carbocycles. The highest BCUT2D eigenvalue weighted by Gasteiger charge is 2.30. The minimum absolute atomic E-state index is 0.201. The van der Waals surface area contributed by atoms with Crippen molar-refractivity contribution in [3.63, 3.8) is 0 Å². The van der Waals surface area contributed by atoms with Crippen LogP contribution in [-0.4, -0.2) is 25.1 Å². The van der Waals surface area contributed by atoms with Gasteiger partial charge >= 0.3 is 7.82 Å². The van der Waals surface area contributed by atoms with Gasteiger partial charge in [0.2, 0.25) is 0 Å². The van der Waals surface area contributed by atoms with Gasteiger partial charge < -0.3 is 0 Å². The fourth-order valence-corrected chi connectivity index (χ4v) is 2.44. The summed E-state index contributed by atoms with van der Waals surface area (Å²) >= 11 is 0. The van der Waals surface area contributed by atoms with Crippen molar-refractivity contribution in [3.8, 4) is 0 Å². The van der Waals surface area contributed by atoms with Crippen molar-refractivity contribution >= 4 is 13.6 Å². The van der Waals surface area contributed by atoms with Crippen molar-refractivity contribution in [2.75, 3.05) is 13.2 Å². The molecule has 6 heteroatoms. The molecule has 0 spiro atoms. The zero-order valence-electron chi connectivity index (χ0n) is 11.8. The summed E-state index contributed by atoms with van der Waals surface area (Å²) in [6.45, 7) is 7.56. The summed E-state index contributed by atoms with van der Waals surface area (Å²) in [5.74, 6) is -0.201. The molecule has 0 aromatic rings. The Bertz CT molecular complexity index is 266. The first-order chi connectivity index (χ1) is 8.45. The maximum atomic E-state index is 12.3. The van der Waals surface area contributed by atoms with Crippen molar-refractivity contribution < 1.29 is 22.9 Å². The summed E-state index contributed by atoms with van der Waals surface area (Å²) < 4.78 is 27.8. The molecule has 18 heavy (non-hydrogen) atoms. The fourth-order valence-electron chi connectivity index (χ4n) is 1.01. The third-order valence-electron chi connectivity index (χ3n) is 2.35. The molecule has 0 aromatic carbocycles. The van der Waals surface area contributed by atoms with E-state index in [1.54, 1.807) is 6.92 Å². The summed E-state index contributed by atoms with van der Waals surface area (Å²) in [5, 5.41) is 0. The molecule has 5 nitrogen and oxygen atoms in total. The van der Waals surface area contributed by atoms with Gasteiger partial charge in [-0.2, -0.15) is 0 Å². The van der Waals surface area contributed by atoms with E-state index >= 15 is 0 Å². The van der Waals surface area contributed by atoms with Gasteiger partial charge in [-0.25, -0.2) is 4.57 Å². The van der Waals surface area contributed by atoms with E-state index in [2.05, 4.69) is 0 Å². The molecule has 0 bridgehead atoms. The average Bonchev–Trinajstić information content (AvgIpc) is 2.29. The highest BCUT2D eigenvalue weighted by molar-refractivity contribution is 7.48.